The molecule has 0 aromatic rings. The zero-order valence-electron chi connectivity index (χ0n) is 15.4. The van der Waals surface area contributed by atoms with Crippen molar-refractivity contribution in [3.05, 3.63) is 12.2 Å². The van der Waals surface area contributed by atoms with Gasteiger partial charge >= 0.3 is 0 Å². The third-order valence-corrected chi connectivity index (χ3v) is 3.58. The van der Waals surface area contributed by atoms with Crippen LogP contribution in [-0.2, 0) is 9.59 Å². The SMILES string of the molecule is CC(=O)O.CCCCCCCC/C=C/CCCCCCCC=O. The van der Waals surface area contributed by atoms with E-state index >= 15 is 0 Å². The molecule has 3 heteroatoms. The summed E-state index contributed by atoms with van der Waals surface area (Å²) in [6.45, 7) is 3.35. The number of carbonyl (C=O) groups excluding carboxylic acids is 1. The van der Waals surface area contributed by atoms with Gasteiger partial charge in [-0.1, -0.05) is 70.4 Å². The summed E-state index contributed by atoms with van der Waals surface area (Å²) >= 11 is 0. The van der Waals surface area contributed by atoms with Crippen LogP contribution >= 0.6 is 0 Å². The maximum Gasteiger partial charge on any atom is 0.300 e. The molecule has 0 aliphatic carbocycles. The van der Waals surface area contributed by atoms with Crippen LogP contribution in [-0.4, -0.2) is 17.4 Å². The largest absolute Gasteiger partial charge is 0.481 e. The van der Waals surface area contributed by atoms with Crippen LogP contribution < -0.4 is 0 Å². The fourth-order valence-electron chi connectivity index (χ4n) is 2.30. The van der Waals surface area contributed by atoms with Crippen LogP contribution in [0.3, 0.4) is 0 Å². The Morgan fingerprint density at radius 3 is 1.48 bits per heavy atom. The van der Waals surface area contributed by atoms with Crippen molar-refractivity contribution in [1.82, 2.24) is 0 Å². The number of rotatable bonds is 15. The van der Waals surface area contributed by atoms with Crippen molar-refractivity contribution in [2.75, 3.05) is 0 Å². The van der Waals surface area contributed by atoms with Crippen LogP contribution in [0.5, 0.6) is 0 Å². The van der Waals surface area contributed by atoms with Gasteiger partial charge in [-0.15, -0.1) is 0 Å². The first-order valence-corrected chi connectivity index (χ1v) is 9.43. The van der Waals surface area contributed by atoms with Crippen molar-refractivity contribution < 1.29 is 14.7 Å². The summed E-state index contributed by atoms with van der Waals surface area (Å²) in [6.07, 6.45) is 23.6. The van der Waals surface area contributed by atoms with E-state index in [1.54, 1.807) is 0 Å². The Hall–Kier alpha value is -1.12. The molecule has 0 saturated heterocycles. The summed E-state index contributed by atoms with van der Waals surface area (Å²) in [5, 5.41) is 7.42. The molecule has 23 heavy (non-hydrogen) atoms. The van der Waals surface area contributed by atoms with Gasteiger partial charge in [0.05, 0.1) is 0 Å². The van der Waals surface area contributed by atoms with Crippen molar-refractivity contribution >= 4 is 12.3 Å². The molecule has 136 valence electrons. The Bertz CT molecular complexity index is 268. The zero-order valence-corrected chi connectivity index (χ0v) is 15.4. The van der Waals surface area contributed by atoms with E-state index in [1.807, 2.05) is 0 Å². The predicted molar refractivity (Wildman–Crippen MR) is 98.8 cm³/mol. The van der Waals surface area contributed by atoms with Crippen LogP contribution in [0.1, 0.15) is 104 Å². The minimum atomic E-state index is -0.833. The predicted octanol–water partition coefficient (Wildman–Crippen LogP) is 6.31. The van der Waals surface area contributed by atoms with Crippen LogP contribution in [0.25, 0.3) is 0 Å². The van der Waals surface area contributed by atoms with Crippen LogP contribution in [0.2, 0.25) is 0 Å². The summed E-state index contributed by atoms with van der Waals surface area (Å²) in [6, 6.07) is 0. The second-order valence-electron chi connectivity index (χ2n) is 6.06. The lowest BCUT2D eigenvalue weighted by Gasteiger charge is -1.98. The maximum absolute atomic E-state index is 10.1. The van der Waals surface area contributed by atoms with Gasteiger partial charge in [0.2, 0.25) is 0 Å². The lowest BCUT2D eigenvalue weighted by molar-refractivity contribution is -0.134. The Morgan fingerprint density at radius 2 is 1.09 bits per heavy atom. The second-order valence-corrected chi connectivity index (χ2v) is 6.06. The number of hydrogen-bond donors (Lipinski definition) is 1. The van der Waals surface area contributed by atoms with E-state index in [1.165, 1.54) is 77.0 Å². The monoisotopic (exact) mass is 326 g/mol. The topological polar surface area (TPSA) is 54.4 Å². The molecule has 0 aliphatic heterocycles. The summed E-state index contributed by atoms with van der Waals surface area (Å²) in [7, 11) is 0. The normalized spacial score (nSPS) is 10.3. The number of unbranched alkanes of at least 4 members (excludes halogenated alkanes) is 12. The fraction of sp³-hybridized carbons (Fsp3) is 0.800. The lowest BCUT2D eigenvalue weighted by atomic mass is 10.1. The molecule has 0 fully saturated rings. The van der Waals surface area contributed by atoms with Crippen LogP contribution in [0.15, 0.2) is 12.2 Å². The molecular formula is C20H38O3. The molecule has 0 atom stereocenters. The van der Waals surface area contributed by atoms with Crippen molar-refractivity contribution in [1.29, 1.82) is 0 Å². The Morgan fingerprint density at radius 1 is 0.739 bits per heavy atom. The van der Waals surface area contributed by atoms with Crippen molar-refractivity contribution in [2.24, 2.45) is 0 Å². The van der Waals surface area contributed by atoms with Gasteiger partial charge in [-0.05, 0) is 32.1 Å². The third-order valence-electron chi connectivity index (χ3n) is 3.58. The summed E-state index contributed by atoms with van der Waals surface area (Å²) in [4.78, 5) is 19.1. The molecule has 0 amide bonds. The van der Waals surface area contributed by atoms with Gasteiger partial charge in [0, 0.05) is 13.3 Å². The number of hydrogen-bond acceptors (Lipinski definition) is 2. The maximum atomic E-state index is 10.1. The Kier molecular flexibility index (Phi) is 24.3. The molecule has 0 rings (SSSR count). The summed E-state index contributed by atoms with van der Waals surface area (Å²) < 4.78 is 0. The minimum absolute atomic E-state index is 0.748. The third kappa shape index (κ3) is 33.6. The summed E-state index contributed by atoms with van der Waals surface area (Å²) in [5.74, 6) is -0.833. The highest BCUT2D eigenvalue weighted by molar-refractivity contribution is 5.62. The molecule has 0 aromatic heterocycles. The quantitative estimate of drug-likeness (QED) is 0.218. The first-order chi connectivity index (χ1) is 11.1. The van der Waals surface area contributed by atoms with Gasteiger partial charge in [-0.3, -0.25) is 4.79 Å². The number of carboxylic acids is 1. The zero-order chi connectivity index (χ0) is 17.6. The highest BCUT2D eigenvalue weighted by Crippen LogP contribution is 2.09. The van der Waals surface area contributed by atoms with Crippen LogP contribution in [0, 0.1) is 0 Å². The number of carbonyl (C=O) groups is 2. The van der Waals surface area contributed by atoms with E-state index in [0.717, 1.165) is 26.1 Å². The van der Waals surface area contributed by atoms with E-state index in [2.05, 4.69) is 19.1 Å². The van der Waals surface area contributed by atoms with Gasteiger partial charge in [-0.2, -0.15) is 0 Å². The number of allylic oxidation sites excluding steroid dienone is 2. The standard InChI is InChI=1S/C18H34O.C2H4O2/c1-2-3-4-5-6-7-8-9-10-11-12-13-14-15-16-17-18-19;1-2(3)4/h9-10,18H,2-8,11-17H2,1H3;1H3,(H,3,4)/b10-9+;. The average Bonchev–Trinajstić information content (AvgIpc) is 2.50. The van der Waals surface area contributed by atoms with E-state index in [-0.39, 0.29) is 0 Å². The molecule has 0 aliphatic rings. The molecule has 0 aromatic carbocycles. The van der Waals surface area contributed by atoms with Crippen LogP contribution in [0.4, 0.5) is 0 Å². The molecule has 0 radical (unpaired) electrons. The van der Waals surface area contributed by atoms with Crippen molar-refractivity contribution in [3.63, 3.8) is 0 Å². The van der Waals surface area contributed by atoms with Crippen molar-refractivity contribution in [3.8, 4) is 0 Å². The lowest BCUT2D eigenvalue weighted by Crippen LogP contribution is -1.80. The van der Waals surface area contributed by atoms with Gasteiger partial charge in [0.1, 0.15) is 6.29 Å². The molecule has 1 N–H and O–H groups in total. The van der Waals surface area contributed by atoms with E-state index in [0.29, 0.717) is 0 Å². The second kappa shape index (κ2) is 23.2. The minimum Gasteiger partial charge on any atom is -0.481 e. The molecule has 0 heterocycles. The fourth-order valence-corrected chi connectivity index (χ4v) is 2.30. The van der Waals surface area contributed by atoms with E-state index in [4.69, 9.17) is 9.90 Å². The molecule has 0 spiro atoms. The number of carboxylic acid groups (broad SMARTS) is 1. The van der Waals surface area contributed by atoms with Crippen molar-refractivity contribution in [2.45, 2.75) is 104 Å². The Labute approximate surface area is 143 Å². The average molecular weight is 327 g/mol. The molecule has 0 unspecified atom stereocenters. The number of aldehydes is 1. The highest BCUT2D eigenvalue weighted by Gasteiger charge is 1.90. The number of aliphatic carboxylic acids is 1. The Balaban J connectivity index is 0. The molecule has 0 bridgehead atoms. The van der Waals surface area contributed by atoms with E-state index < -0.39 is 5.97 Å². The van der Waals surface area contributed by atoms with E-state index in [9.17, 15) is 4.79 Å². The van der Waals surface area contributed by atoms with Gasteiger partial charge < -0.3 is 9.90 Å². The summed E-state index contributed by atoms with van der Waals surface area (Å²) in [5.41, 5.74) is 0. The molecule has 3 nitrogen and oxygen atoms in total. The van der Waals surface area contributed by atoms with Gasteiger partial charge in [-0.25, -0.2) is 0 Å². The van der Waals surface area contributed by atoms with Gasteiger partial charge in [0.15, 0.2) is 0 Å². The smallest absolute Gasteiger partial charge is 0.300 e. The first kappa shape index (κ1) is 24.1. The van der Waals surface area contributed by atoms with Gasteiger partial charge in [0.25, 0.3) is 5.97 Å². The molecule has 0 saturated carbocycles. The first-order valence-electron chi connectivity index (χ1n) is 9.43. The highest BCUT2D eigenvalue weighted by atomic mass is 16.4. The molecular weight excluding hydrogens is 288 g/mol.